The van der Waals surface area contributed by atoms with Crippen molar-refractivity contribution < 1.29 is 23.1 Å². The molecule has 2 heterocycles. The third-order valence-electron chi connectivity index (χ3n) is 2.92. The van der Waals surface area contributed by atoms with Crippen LogP contribution in [0.1, 0.15) is 20.7 Å². The zero-order chi connectivity index (χ0) is 15.2. The molecule has 1 amide bonds. The van der Waals surface area contributed by atoms with Gasteiger partial charge in [0.1, 0.15) is 4.90 Å². The Morgan fingerprint density at radius 2 is 2.00 bits per heavy atom. The number of fused-ring (bicyclic) bond motifs is 1. The average Bonchev–Trinajstić information content (AvgIpc) is 2.66. The van der Waals surface area contributed by atoms with Gasteiger partial charge in [-0.05, 0) is 18.2 Å². The van der Waals surface area contributed by atoms with Crippen LogP contribution in [-0.2, 0) is 10.0 Å². The first-order chi connectivity index (χ1) is 9.93. The Bertz CT molecular complexity index is 864. The van der Waals surface area contributed by atoms with Gasteiger partial charge in [-0.15, -0.1) is 0 Å². The van der Waals surface area contributed by atoms with Crippen molar-refractivity contribution in [2.45, 2.75) is 4.90 Å². The number of benzene rings is 1. The first-order valence-corrected chi connectivity index (χ1v) is 7.10. The number of aromatic nitrogens is 2. The van der Waals surface area contributed by atoms with Crippen LogP contribution in [0, 0.1) is 0 Å². The number of carbonyl (C=O) groups excluding carboxylic acids is 1. The second-order valence-electron chi connectivity index (χ2n) is 4.15. The molecule has 0 atom stereocenters. The van der Waals surface area contributed by atoms with Crippen molar-refractivity contribution in [3.63, 3.8) is 0 Å². The predicted octanol–water partition coefficient (Wildman–Crippen LogP) is 0.524. The maximum absolute atomic E-state index is 12.4. The Morgan fingerprint density at radius 3 is 2.62 bits per heavy atom. The van der Waals surface area contributed by atoms with Gasteiger partial charge in [0.2, 0.25) is 0 Å². The van der Waals surface area contributed by atoms with E-state index in [1.807, 2.05) is 0 Å². The van der Waals surface area contributed by atoms with Crippen LogP contribution in [0.25, 0.3) is 0 Å². The summed E-state index contributed by atoms with van der Waals surface area (Å²) in [6.07, 6.45) is 3.73. The van der Waals surface area contributed by atoms with E-state index in [0.29, 0.717) is 4.31 Å². The van der Waals surface area contributed by atoms with E-state index in [-0.39, 0.29) is 21.8 Å². The fraction of sp³-hybridized carbons (Fsp3) is 0. The number of sulfonamides is 1. The van der Waals surface area contributed by atoms with Gasteiger partial charge in [-0.25, -0.2) is 18.2 Å². The van der Waals surface area contributed by atoms with Crippen LogP contribution in [-0.4, -0.2) is 35.4 Å². The molecule has 0 bridgehead atoms. The molecule has 21 heavy (non-hydrogen) atoms. The Labute approximate surface area is 118 Å². The summed E-state index contributed by atoms with van der Waals surface area (Å²) in [5.41, 5.74) is -0.309. The van der Waals surface area contributed by atoms with Crippen molar-refractivity contribution in [3.05, 3.63) is 47.9 Å². The molecule has 0 radical (unpaired) electrons. The second-order valence-corrected chi connectivity index (χ2v) is 5.91. The molecular weight excluding hydrogens is 298 g/mol. The molecule has 0 saturated heterocycles. The number of nitrogens with zero attached hydrogens (tertiary/aromatic N) is 3. The third kappa shape index (κ3) is 1.86. The highest BCUT2D eigenvalue weighted by Gasteiger charge is 2.43. The Hall–Kier alpha value is -2.81. The highest BCUT2D eigenvalue weighted by atomic mass is 32.2. The van der Waals surface area contributed by atoms with Gasteiger partial charge < -0.3 is 5.11 Å². The van der Waals surface area contributed by atoms with Crippen molar-refractivity contribution in [1.29, 1.82) is 0 Å². The van der Waals surface area contributed by atoms with Gasteiger partial charge in [-0.3, -0.25) is 9.78 Å². The van der Waals surface area contributed by atoms with Crippen molar-refractivity contribution in [3.8, 4) is 0 Å². The number of aromatic carboxylic acids is 1. The molecule has 0 fully saturated rings. The predicted molar refractivity (Wildman–Crippen MR) is 69.4 cm³/mol. The fourth-order valence-electron chi connectivity index (χ4n) is 1.99. The zero-order valence-electron chi connectivity index (χ0n) is 10.3. The summed E-state index contributed by atoms with van der Waals surface area (Å²) < 4.78 is 25.3. The lowest BCUT2D eigenvalue weighted by Gasteiger charge is -2.12. The molecule has 8 nitrogen and oxygen atoms in total. The average molecular weight is 305 g/mol. The van der Waals surface area contributed by atoms with Crippen LogP contribution in [0.3, 0.4) is 0 Å². The number of carboxylic acid groups (broad SMARTS) is 1. The van der Waals surface area contributed by atoms with Gasteiger partial charge in [-0.2, -0.15) is 4.31 Å². The summed E-state index contributed by atoms with van der Waals surface area (Å²) >= 11 is 0. The van der Waals surface area contributed by atoms with E-state index in [1.54, 1.807) is 0 Å². The van der Waals surface area contributed by atoms with Crippen molar-refractivity contribution >= 4 is 27.7 Å². The Morgan fingerprint density at radius 1 is 1.24 bits per heavy atom. The van der Waals surface area contributed by atoms with E-state index < -0.39 is 21.9 Å². The molecule has 1 aliphatic rings. The van der Waals surface area contributed by atoms with E-state index in [2.05, 4.69) is 9.97 Å². The van der Waals surface area contributed by atoms with Crippen LogP contribution >= 0.6 is 0 Å². The van der Waals surface area contributed by atoms with Gasteiger partial charge in [0.15, 0.2) is 5.82 Å². The normalized spacial score (nSPS) is 15.8. The molecule has 0 spiro atoms. The van der Waals surface area contributed by atoms with E-state index in [9.17, 15) is 18.0 Å². The quantitative estimate of drug-likeness (QED) is 0.859. The standard InChI is InChI=1S/C12H7N3O5S/c16-11-8-2-1-7(12(17)18)5-9(8)21(19,20)15(11)10-6-13-3-4-14-10/h1-6H,(H,17,18). The van der Waals surface area contributed by atoms with Crippen LogP contribution < -0.4 is 4.31 Å². The molecular formula is C12H7N3O5S. The van der Waals surface area contributed by atoms with E-state index in [0.717, 1.165) is 12.3 Å². The molecule has 1 aliphatic heterocycles. The maximum Gasteiger partial charge on any atom is 0.335 e. The summed E-state index contributed by atoms with van der Waals surface area (Å²) in [5, 5.41) is 8.92. The summed E-state index contributed by atoms with van der Waals surface area (Å²) in [4.78, 5) is 30.3. The summed E-state index contributed by atoms with van der Waals surface area (Å²) in [6, 6.07) is 3.31. The Kier molecular flexibility index (Phi) is 2.73. The van der Waals surface area contributed by atoms with Crippen LogP contribution in [0.15, 0.2) is 41.7 Å². The lowest BCUT2D eigenvalue weighted by molar-refractivity contribution is 0.0696. The largest absolute Gasteiger partial charge is 0.478 e. The van der Waals surface area contributed by atoms with Gasteiger partial charge >= 0.3 is 5.97 Å². The number of carbonyl (C=O) groups is 2. The summed E-state index contributed by atoms with van der Waals surface area (Å²) in [5.74, 6) is -2.21. The lowest BCUT2D eigenvalue weighted by atomic mass is 10.1. The molecule has 1 aromatic carbocycles. The molecule has 3 rings (SSSR count). The molecule has 106 valence electrons. The number of anilines is 1. The zero-order valence-corrected chi connectivity index (χ0v) is 11.1. The van der Waals surface area contributed by atoms with Crippen molar-refractivity contribution in [2.75, 3.05) is 4.31 Å². The van der Waals surface area contributed by atoms with E-state index in [1.165, 1.54) is 24.5 Å². The first kappa shape index (κ1) is 13.2. The minimum atomic E-state index is -4.19. The number of rotatable bonds is 2. The highest BCUT2D eigenvalue weighted by Crippen LogP contribution is 2.33. The summed E-state index contributed by atoms with van der Waals surface area (Å²) in [7, 11) is -4.19. The number of hydrogen-bond donors (Lipinski definition) is 1. The molecule has 0 aliphatic carbocycles. The SMILES string of the molecule is O=C(O)c1ccc2c(c1)S(=O)(=O)N(c1cnccn1)C2=O. The molecule has 0 unspecified atom stereocenters. The van der Waals surface area contributed by atoms with Gasteiger partial charge in [0, 0.05) is 12.4 Å². The molecule has 9 heteroatoms. The molecule has 0 saturated carbocycles. The Balaban J connectivity index is 2.22. The second kappa shape index (κ2) is 4.35. The van der Waals surface area contributed by atoms with Crippen LogP contribution in [0.4, 0.5) is 5.82 Å². The van der Waals surface area contributed by atoms with Crippen LogP contribution in [0.5, 0.6) is 0 Å². The number of carboxylic acids is 1. The highest BCUT2D eigenvalue weighted by molar-refractivity contribution is 7.94. The van der Waals surface area contributed by atoms with Gasteiger partial charge in [-0.1, -0.05) is 0 Å². The van der Waals surface area contributed by atoms with Gasteiger partial charge in [0.05, 0.1) is 17.3 Å². The van der Waals surface area contributed by atoms with Crippen molar-refractivity contribution in [2.24, 2.45) is 0 Å². The minimum absolute atomic E-state index is 0.0920. The third-order valence-corrected chi connectivity index (χ3v) is 4.65. The van der Waals surface area contributed by atoms with Crippen LogP contribution in [0.2, 0.25) is 0 Å². The summed E-state index contributed by atoms with van der Waals surface area (Å²) in [6.45, 7) is 0. The first-order valence-electron chi connectivity index (χ1n) is 5.66. The fourth-order valence-corrected chi connectivity index (χ4v) is 3.55. The smallest absolute Gasteiger partial charge is 0.335 e. The number of amides is 1. The minimum Gasteiger partial charge on any atom is -0.478 e. The molecule has 2 aromatic rings. The monoisotopic (exact) mass is 305 g/mol. The molecule has 1 N–H and O–H groups in total. The lowest BCUT2D eigenvalue weighted by Crippen LogP contribution is -2.30. The van der Waals surface area contributed by atoms with E-state index in [4.69, 9.17) is 5.11 Å². The van der Waals surface area contributed by atoms with Crippen molar-refractivity contribution in [1.82, 2.24) is 9.97 Å². The molecule has 1 aromatic heterocycles. The topological polar surface area (TPSA) is 118 Å². The van der Waals surface area contributed by atoms with E-state index >= 15 is 0 Å². The van der Waals surface area contributed by atoms with Gasteiger partial charge in [0.25, 0.3) is 15.9 Å². The maximum atomic E-state index is 12.4. The number of hydrogen-bond acceptors (Lipinski definition) is 6.